The Bertz CT molecular complexity index is 1000. The predicted molar refractivity (Wildman–Crippen MR) is 106 cm³/mol. The van der Waals surface area contributed by atoms with Gasteiger partial charge in [-0.2, -0.15) is 5.10 Å². The topological polar surface area (TPSA) is 64.0 Å². The van der Waals surface area contributed by atoms with Gasteiger partial charge in [0.15, 0.2) is 0 Å². The zero-order chi connectivity index (χ0) is 19.2. The number of anilines is 1. The van der Waals surface area contributed by atoms with Crippen LogP contribution in [0.4, 0.5) is 10.1 Å². The van der Waals surface area contributed by atoms with E-state index in [1.165, 1.54) is 28.9 Å². The molecule has 3 rings (SSSR count). The number of amides is 1. The minimum Gasteiger partial charge on any atom is -0.326 e. The fraction of sp³-hybridized carbons (Fsp3) is 0.150. The Kier molecular flexibility index (Phi) is 6.13. The van der Waals surface area contributed by atoms with Crippen molar-refractivity contribution < 1.29 is 9.18 Å². The van der Waals surface area contributed by atoms with Crippen LogP contribution in [0.1, 0.15) is 12.8 Å². The lowest BCUT2D eigenvalue weighted by atomic mass is 10.1. The van der Waals surface area contributed by atoms with E-state index in [-0.39, 0.29) is 17.9 Å². The first-order valence-corrected chi connectivity index (χ1v) is 9.20. The molecular weight excluding hydrogens is 413 g/mol. The number of nitrogens with zero attached hydrogens (tertiary/aromatic N) is 2. The van der Waals surface area contributed by atoms with Gasteiger partial charge in [0, 0.05) is 34.8 Å². The molecule has 0 saturated heterocycles. The number of nitrogens with one attached hydrogen (secondary N) is 1. The standard InChI is InChI=1S/C20H17BrFN3O2/c21-15-8-6-14(7-9-15)18-10-11-20(27)25(24-18)12-2-5-19(26)23-17-4-1-3-16(22)13-17/h1,3-4,6-11,13H,2,5,12H2,(H,23,26). The van der Waals surface area contributed by atoms with Crippen LogP contribution in [0.3, 0.4) is 0 Å². The maximum atomic E-state index is 13.1. The van der Waals surface area contributed by atoms with Gasteiger partial charge < -0.3 is 5.32 Å². The van der Waals surface area contributed by atoms with Gasteiger partial charge in [-0.25, -0.2) is 9.07 Å². The smallest absolute Gasteiger partial charge is 0.266 e. The van der Waals surface area contributed by atoms with Crippen molar-refractivity contribution in [1.29, 1.82) is 0 Å². The highest BCUT2D eigenvalue weighted by atomic mass is 79.9. The predicted octanol–water partition coefficient (Wildman–Crippen LogP) is 4.23. The molecule has 1 N–H and O–H groups in total. The molecule has 27 heavy (non-hydrogen) atoms. The number of aromatic nitrogens is 2. The summed E-state index contributed by atoms with van der Waals surface area (Å²) in [6, 6.07) is 16.5. The number of aryl methyl sites for hydroxylation is 1. The SMILES string of the molecule is O=C(CCCn1nc(-c2ccc(Br)cc2)ccc1=O)Nc1cccc(F)c1. The summed E-state index contributed by atoms with van der Waals surface area (Å²) in [6.45, 7) is 0.319. The van der Waals surface area contributed by atoms with Crippen molar-refractivity contribution in [3.05, 3.63) is 81.3 Å². The minimum atomic E-state index is -0.409. The molecule has 0 saturated carbocycles. The third kappa shape index (κ3) is 5.34. The van der Waals surface area contributed by atoms with Gasteiger partial charge in [-0.3, -0.25) is 9.59 Å². The van der Waals surface area contributed by atoms with E-state index in [2.05, 4.69) is 26.3 Å². The van der Waals surface area contributed by atoms with Crippen molar-refractivity contribution in [3.8, 4) is 11.3 Å². The number of rotatable bonds is 6. The molecule has 0 aliphatic carbocycles. The van der Waals surface area contributed by atoms with Crippen LogP contribution in [0.15, 0.2) is 69.9 Å². The summed E-state index contributed by atoms with van der Waals surface area (Å²) in [4.78, 5) is 24.0. The van der Waals surface area contributed by atoms with Crippen LogP contribution < -0.4 is 10.9 Å². The van der Waals surface area contributed by atoms with E-state index in [0.29, 0.717) is 24.3 Å². The first-order chi connectivity index (χ1) is 13.0. The zero-order valence-corrected chi connectivity index (χ0v) is 15.9. The summed E-state index contributed by atoms with van der Waals surface area (Å²) >= 11 is 3.39. The molecule has 3 aromatic rings. The van der Waals surface area contributed by atoms with E-state index in [1.54, 1.807) is 12.1 Å². The molecule has 0 bridgehead atoms. The molecule has 2 aromatic carbocycles. The molecule has 0 radical (unpaired) electrons. The van der Waals surface area contributed by atoms with Crippen molar-refractivity contribution in [2.45, 2.75) is 19.4 Å². The highest BCUT2D eigenvalue weighted by Crippen LogP contribution is 2.18. The minimum absolute atomic E-state index is 0.202. The van der Waals surface area contributed by atoms with Gasteiger partial charge >= 0.3 is 0 Å². The number of carbonyl (C=O) groups excluding carboxylic acids is 1. The lowest BCUT2D eigenvalue weighted by Crippen LogP contribution is -2.23. The van der Waals surface area contributed by atoms with Crippen molar-refractivity contribution >= 4 is 27.5 Å². The van der Waals surface area contributed by atoms with E-state index in [1.807, 2.05) is 24.3 Å². The molecule has 0 unspecified atom stereocenters. The molecule has 0 aliphatic heterocycles. The molecule has 1 aromatic heterocycles. The molecule has 1 heterocycles. The number of hydrogen-bond acceptors (Lipinski definition) is 3. The highest BCUT2D eigenvalue weighted by molar-refractivity contribution is 9.10. The van der Waals surface area contributed by atoms with Gasteiger partial charge in [0.2, 0.25) is 5.91 Å². The largest absolute Gasteiger partial charge is 0.326 e. The quantitative estimate of drug-likeness (QED) is 0.637. The summed E-state index contributed by atoms with van der Waals surface area (Å²) in [6.07, 6.45) is 0.644. The fourth-order valence-electron chi connectivity index (χ4n) is 2.56. The van der Waals surface area contributed by atoms with Gasteiger partial charge in [0.25, 0.3) is 5.56 Å². The Morgan fingerprint density at radius 2 is 1.89 bits per heavy atom. The molecule has 0 atom stereocenters. The molecule has 0 spiro atoms. The van der Waals surface area contributed by atoms with Crippen LogP contribution in [0.2, 0.25) is 0 Å². The molecule has 7 heteroatoms. The van der Waals surface area contributed by atoms with Crippen LogP contribution in [0, 0.1) is 5.82 Å². The van der Waals surface area contributed by atoms with E-state index in [4.69, 9.17) is 0 Å². The monoisotopic (exact) mass is 429 g/mol. The van der Waals surface area contributed by atoms with E-state index < -0.39 is 5.82 Å². The summed E-state index contributed by atoms with van der Waals surface area (Å²) in [5.41, 5.74) is 1.77. The molecule has 0 fully saturated rings. The number of benzene rings is 2. The fourth-order valence-corrected chi connectivity index (χ4v) is 2.83. The molecule has 0 aliphatic rings. The second kappa shape index (κ2) is 8.73. The number of carbonyl (C=O) groups is 1. The Hall–Kier alpha value is -2.80. The zero-order valence-electron chi connectivity index (χ0n) is 14.4. The summed E-state index contributed by atoms with van der Waals surface area (Å²) in [5, 5.41) is 7.01. The van der Waals surface area contributed by atoms with Crippen LogP contribution in [-0.2, 0) is 11.3 Å². The second-order valence-corrected chi connectivity index (χ2v) is 6.86. The second-order valence-electron chi connectivity index (χ2n) is 5.95. The van der Waals surface area contributed by atoms with Gasteiger partial charge in [0.1, 0.15) is 5.82 Å². The summed E-state index contributed by atoms with van der Waals surface area (Å²) < 4.78 is 15.5. The Morgan fingerprint density at radius 3 is 2.63 bits per heavy atom. The molecule has 138 valence electrons. The molecule has 1 amide bonds. The van der Waals surface area contributed by atoms with Gasteiger partial charge in [-0.15, -0.1) is 0 Å². The Morgan fingerprint density at radius 1 is 1.11 bits per heavy atom. The Balaban J connectivity index is 1.60. The average Bonchev–Trinajstić information content (AvgIpc) is 2.64. The molecule has 5 nitrogen and oxygen atoms in total. The molecular formula is C20H17BrFN3O2. The number of hydrogen-bond donors (Lipinski definition) is 1. The third-order valence-electron chi connectivity index (χ3n) is 3.89. The van der Waals surface area contributed by atoms with Crippen LogP contribution in [-0.4, -0.2) is 15.7 Å². The third-order valence-corrected chi connectivity index (χ3v) is 4.42. The van der Waals surface area contributed by atoms with Crippen LogP contribution >= 0.6 is 15.9 Å². The lowest BCUT2D eigenvalue weighted by Gasteiger charge is -2.08. The highest BCUT2D eigenvalue weighted by Gasteiger charge is 2.06. The van der Waals surface area contributed by atoms with Gasteiger partial charge in [-0.1, -0.05) is 34.1 Å². The van der Waals surface area contributed by atoms with Crippen LogP contribution in [0.25, 0.3) is 11.3 Å². The first-order valence-electron chi connectivity index (χ1n) is 8.41. The maximum Gasteiger partial charge on any atom is 0.266 e. The van der Waals surface area contributed by atoms with Crippen molar-refractivity contribution in [2.24, 2.45) is 0 Å². The van der Waals surface area contributed by atoms with Crippen LogP contribution in [0.5, 0.6) is 0 Å². The lowest BCUT2D eigenvalue weighted by molar-refractivity contribution is -0.116. The summed E-state index contributed by atoms with van der Waals surface area (Å²) in [5.74, 6) is -0.647. The van der Waals surface area contributed by atoms with Crippen molar-refractivity contribution in [3.63, 3.8) is 0 Å². The van der Waals surface area contributed by atoms with E-state index in [0.717, 1.165) is 10.0 Å². The van der Waals surface area contributed by atoms with Crippen molar-refractivity contribution in [2.75, 3.05) is 5.32 Å². The summed E-state index contributed by atoms with van der Waals surface area (Å²) in [7, 11) is 0. The number of halogens is 2. The van der Waals surface area contributed by atoms with Gasteiger partial charge in [0.05, 0.1) is 5.69 Å². The maximum absolute atomic E-state index is 13.1. The van der Waals surface area contributed by atoms with Gasteiger partial charge in [-0.05, 0) is 42.8 Å². The average molecular weight is 430 g/mol. The van der Waals surface area contributed by atoms with Crippen molar-refractivity contribution in [1.82, 2.24) is 9.78 Å². The Labute approximate surface area is 164 Å². The first kappa shape index (κ1) is 19.0. The normalized spacial score (nSPS) is 10.6. The van der Waals surface area contributed by atoms with E-state index in [9.17, 15) is 14.0 Å². The van der Waals surface area contributed by atoms with E-state index >= 15 is 0 Å².